The van der Waals surface area contributed by atoms with Crippen molar-refractivity contribution in [1.82, 2.24) is 18.9 Å². The lowest BCUT2D eigenvalue weighted by molar-refractivity contribution is -0.148. The van der Waals surface area contributed by atoms with Gasteiger partial charge < -0.3 is 4.74 Å². The fourth-order valence-corrected chi connectivity index (χ4v) is 3.90. The Kier molecular flexibility index (Phi) is 3.96. The van der Waals surface area contributed by atoms with Crippen molar-refractivity contribution in [3.05, 3.63) is 56.2 Å². The molecule has 2 aromatic rings. The van der Waals surface area contributed by atoms with Crippen molar-refractivity contribution < 1.29 is 19.1 Å². The Morgan fingerprint density at radius 1 is 0.793 bits per heavy atom. The number of carbonyl (C=O) groups excluding carboxylic acids is 3. The highest BCUT2D eigenvalue weighted by atomic mass is 16.5. The van der Waals surface area contributed by atoms with Gasteiger partial charge in [-0.1, -0.05) is 18.2 Å². The van der Waals surface area contributed by atoms with Crippen LogP contribution in [0.15, 0.2) is 33.9 Å². The Hall–Kier alpha value is -3.69. The quantitative estimate of drug-likeness (QED) is 0.625. The van der Waals surface area contributed by atoms with Crippen LogP contribution < -0.4 is 16.0 Å². The highest BCUT2D eigenvalue weighted by molar-refractivity contribution is 6.16. The van der Waals surface area contributed by atoms with E-state index in [9.17, 15) is 24.0 Å². The summed E-state index contributed by atoms with van der Waals surface area (Å²) in [4.78, 5) is 65.3. The van der Waals surface area contributed by atoms with E-state index in [2.05, 4.69) is 0 Å². The van der Waals surface area contributed by atoms with Gasteiger partial charge in [0.1, 0.15) is 11.7 Å². The van der Waals surface area contributed by atoms with Crippen molar-refractivity contribution in [2.45, 2.75) is 5.92 Å². The zero-order valence-corrected chi connectivity index (χ0v) is 16.2. The molecular formula is C19H18N4O6. The largest absolute Gasteiger partial charge is 0.440 e. The van der Waals surface area contributed by atoms with Gasteiger partial charge in [0.2, 0.25) is 17.7 Å². The Labute approximate surface area is 164 Å². The third-order valence-electron chi connectivity index (χ3n) is 5.52. The zero-order chi connectivity index (χ0) is 21.2. The molecular weight excluding hydrogens is 380 g/mol. The summed E-state index contributed by atoms with van der Waals surface area (Å²) in [6.07, 6.45) is 0. The summed E-state index contributed by atoms with van der Waals surface area (Å²) in [5.74, 6) is -3.50. The van der Waals surface area contributed by atoms with Crippen LogP contribution in [0, 0.1) is 5.92 Å². The van der Waals surface area contributed by atoms with Gasteiger partial charge in [-0.2, -0.15) is 0 Å². The molecule has 0 unspecified atom stereocenters. The maximum Gasteiger partial charge on any atom is 0.333 e. The average Bonchev–Trinajstić information content (AvgIpc) is 2.73. The van der Waals surface area contributed by atoms with Crippen LogP contribution in [0.3, 0.4) is 0 Å². The van der Waals surface area contributed by atoms with E-state index in [1.54, 1.807) is 24.3 Å². The van der Waals surface area contributed by atoms with E-state index in [-0.39, 0.29) is 11.4 Å². The van der Waals surface area contributed by atoms with Gasteiger partial charge in [0.05, 0.1) is 5.56 Å². The SMILES string of the molecule is CN1C(=O)C([C@@H]2c3ccccc3Oc3c2c(=O)n(C)c(=O)n3C)C(=O)N(C)C1=O. The predicted molar refractivity (Wildman–Crippen MR) is 99.7 cm³/mol. The molecule has 0 bridgehead atoms. The molecule has 150 valence electrons. The van der Waals surface area contributed by atoms with E-state index in [1.165, 1.54) is 28.2 Å². The minimum absolute atomic E-state index is 0.0235. The van der Waals surface area contributed by atoms with E-state index in [0.29, 0.717) is 11.3 Å². The number of amides is 4. The Balaban J connectivity index is 2.06. The van der Waals surface area contributed by atoms with Crippen LogP contribution in [0.5, 0.6) is 11.6 Å². The summed E-state index contributed by atoms with van der Waals surface area (Å²) in [6.45, 7) is 0. The van der Waals surface area contributed by atoms with Crippen LogP contribution in [0.25, 0.3) is 0 Å². The molecule has 1 aromatic carbocycles. The number of imide groups is 2. The highest BCUT2D eigenvalue weighted by Crippen LogP contribution is 2.46. The molecule has 3 heterocycles. The number of nitrogens with zero attached hydrogens (tertiary/aromatic N) is 4. The molecule has 1 fully saturated rings. The first kappa shape index (κ1) is 18.7. The van der Waals surface area contributed by atoms with Gasteiger partial charge in [-0.3, -0.25) is 33.3 Å². The normalized spacial score (nSPS) is 19.2. The second-order valence-electron chi connectivity index (χ2n) is 7.10. The molecule has 10 nitrogen and oxygen atoms in total. The standard InChI is InChI=1S/C19H18N4O6/c1-20-14(24)12(15(25)21(2)18(20)27)11-9-7-5-6-8-10(9)29-17-13(11)16(26)22(3)19(28)23(17)4/h5-8,11-12H,1-4H3/t11-/m0/s1. The fourth-order valence-electron chi connectivity index (χ4n) is 3.90. The van der Waals surface area contributed by atoms with Gasteiger partial charge in [-0.15, -0.1) is 0 Å². The van der Waals surface area contributed by atoms with Gasteiger partial charge >= 0.3 is 11.7 Å². The summed E-state index contributed by atoms with van der Waals surface area (Å²) < 4.78 is 7.89. The first-order chi connectivity index (χ1) is 13.7. The van der Waals surface area contributed by atoms with Gasteiger partial charge in [0.25, 0.3) is 5.56 Å². The first-order valence-corrected chi connectivity index (χ1v) is 8.82. The molecule has 0 aliphatic carbocycles. The molecule has 0 N–H and O–H groups in total. The van der Waals surface area contributed by atoms with E-state index < -0.39 is 40.9 Å². The number of aromatic nitrogens is 2. The third kappa shape index (κ3) is 2.38. The fraction of sp³-hybridized carbons (Fsp3) is 0.316. The molecule has 4 rings (SSSR count). The molecule has 29 heavy (non-hydrogen) atoms. The van der Waals surface area contributed by atoms with Crippen molar-refractivity contribution in [3.8, 4) is 11.6 Å². The van der Waals surface area contributed by atoms with E-state index in [1.807, 2.05) is 0 Å². The number of benzene rings is 1. The smallest absolute Gasteiger partial charge is 0.333 e. The third-order valence-corrected chi connectivity index (χ3v) is 5.52. The maximum absolute atomic E-state index is 13.0. The molecule has 0 spiro atoms. The monoisotopic (exact) mass is 398 g/mol. The minimum Gasteiger partial charge on any atom is -0.440 e. The van der Waals surface area contributed by atoms with E-state index in [4.69, 9.17) is 4.74 Å². The molecule has 1 aromatic heterocycles. The van der Waals surface area contributed by atoms with Gasteiger partial charge in [0.15, 0.2) is 0 Å². The van der Waals surface area contributed by atoms with Crippen LogP contribution in [-0.2, 0) is 23.7 Å². The van der Waals surface area contributed by atoms with Gasteiger partial charge in [0, 0.05) is 39.7 Å². The number of rotatable bonds is 1. The number of hydrogen-bond acceptors (Lipinski definition) is 6. The molecule has 0 radical (unpaired) electrons. The molecule has 2 aliphatic heterocycles. The maximum atomic E-state index is 13.0. The lowest BCUT2D eigenvalue weighted by atomic mass is 9.77. The summed E-state index contributed by atoms with van der Waals surface area (Å²) in [5, 5.41) is 0. The molecule has 1 atom stereocenters. The molecule has 1 saturated heterocycles. The molecule has 10 heteroatoms. The minimum atomic E-state index is -1.35. The summed E-state index contributed by atoms with van der Waals surface area (Å²) in [6, 6.07) is 5.94. The second kappa shape index (κ2) is 6.16. The van der Waals surface area contributed by atoms with Crippen LogP contribution >= 0.6 is 0 Å². The number of carbonyl (C=O) groups is 3. The second-order valence-corrected chi connectivity index (χ2v) is 7.10. The Morgan fingerprint density at radius 2 is 1.38 bits per heavy atom. The first-order valence-electron chi connectivity index (χ1n) is 8.82. The van der Waals surface area contributed by atoms with Crippen LogP contribution in [0.2, 0.25) is 0 Å². The van der Waals surface area contributed by atoms with Gasteiger partial charge in [-0.05, 0) is 6.07 Å². The van der Waals surface area contributed by atoms with Crippen LogP contribution in [-0.4, -0.2) is 50.9 Å². The van der Waals surface area contributed by atoms with Crippen molar-refractivity contribution in [2.75, 3.05) is 14.1 Å². The van der Waals surface area contributed by atoms with Crippen molar-refractivity contribution in [1.29, 1.82) is 0 Å². The lowest BCUT2D eigenvalue weighted by Crippen LogP contribution is -2.59. The average molecular weight is 398 g/mol. The van der Waals surface area contributed by atoms with Gasteiger partial charge in [-0.25, -0.2) is 9.59 Å². The molecule has 4 amide bonds. The number of urea groups is 1. The zero-order valence-electron chi connectivity index (χ0n) is 16.2. The lowest BCUT2D eigenvalue weighted by Gasteiger charge is -2.38. The molecule has 2 aliphatic rings. The summed E-state index contributed by atoms with van der Waals surface area (Å²) in [5.41, 5.74) is -0.780. The number of fused-ring (bicyclic) bond motifs is 2. The summed E-state index contributed by atoms with van der Waals surface area (Å²) in [7, 11) is 5.32. The Morgan fingerprint density at radius 3 is 2.00 bits per heavy atom. The van der Waals surface area contributed by atoms with Crippen molar-refractivity contribution in [3.63, 3.8) is 0 Å². The van der Waals surface area contributed by atoms with Crippen LogP contribution in [0.4, 0.5) is 4.79 Å². The molecule has 0 saturated carbocycles. The van der Waals surface area contributed by atoms with E-state index >= 15 is 0 Å². The highest BCUT2D eigenvalue weighted by Gasteiger charge is 2.51. The summed E-state index contributed by atoms with van der Waals surface area (Å²) >= 11 is 0. The number of para-hydroxylation sites is 1. The van der Waals surface area contributed by atoms with Crippen LogP contribution in [0.1, 0.15) is 17.0 Å². The topological polar surface area (TPSA) is 111 Å². The number of ether oxygens (including phenoxy) is 1. The Bertz CT molecular complexity index is 1190. The van der Waals surface area contributed by atoms with Crippen molar-refractivity contribution >= 4 is 17.8 Å². The number of hydrogen-bond donors (Lipinski definition) is 0. The van der Waals surface area contributed by atoms with Crippen molar-refractivity contribution in [2.24, 2.45) is 20.0 Å². The number of barbiturate groups is 1. The predicted octanol–water partition coefficient (Wildman–Crippen LogP) is -0.0118. The van der Waals surface area contributed by atoms with E-state index in [0.717, 1.165) is 18.9 Å².